The molecule has 1 amide bonds. The summed E-state index contributed by atoms with van der Waals surface area (Å²) in [4.78, 5) is 16.4. The van der Waals surface area contributed by atoms with Crippen LogP contribution in [0.4, 0.5) is 5.69 Å². The van der Waals surface area contributed by atoms with Gasteiger partial charge in [-0.3, -0.25) is 4.79 Å². The van der Waals surface area contributed by atoms with Crippen LogP contribution in [0.5, 0.6) is 5.75 Å². The number of rotatable bonds is 7. The lowest BCUT2D eigenvalue weighted by Gasteiger charge is -2.29. The van der Waals surface area contributed by atoms with Gasteiger partial charge in [-0.1, -0.05) is 38.1 Å². The highest BCUT2D eigenvalue weighted by Crippen LogP contribution is 2.19. The number of carbonyl (C=O) groups is 1. The molecule has 0 aromatic heterocycles. The van der Waals surface area contributed by atoms with Crippen molar-refractivity contribution in [3.8, 4) is 5.75 Å². The van der Waals surface area contributed by atoms with Crippen molar-refractivity contribution in [3.63, 3.8) is 0 Å². The maximum absolute atomic E-state index is 12.4. The molecule has 1 heterocycles. The van der Waals surface area contributed by atoms with E-state index in [1.54, 1.807) is 4.90 Å². The third kappa shape index (κ3) is 5.49. The third-order valence-electron chi connectivity index (χ3n) is 5.07. The maximum atomic E-state index is 12.4. The number of carbonyl (C=O) groups excluding carboxylic acids is 1. The molecule has 28 heavy (non-hydrogen) atoms. The zero-order valence-electron chi connectivity index (χ0n) is 17.1. The van der Waals surface area contributed by atoms with Gasteiger partial charge >= 0.3 is 0 Å². The molecule has 0 N–H and O–H groups in total. The molecule has 2 aromatic rings. The Bertz CT molecular complexity index is 750. The number of anilines is 1. The van der Waals surface area contributed by atoms with Crippen LogP contribution < -0.4 is 9.64 Å². The Kier molecular flexibility index (Phi) is 6.93. The summed E-state index contributed by atoms with van der Waals surface area (Å²) in [7, 11) is 1.81. The average molecular weight is 383 g/mol. The van der Waals surface area contributed by atoms with E-state index in [-0.39, 0.29) is 12.5 Å². The molecular weight excluding hydrogens is 352 g/mol. The van der Waals surface area contributed by atoms with Gasteiger partial charge in [-0.2, -0.15) is 0 Å². The van der Waals surface area contributed by atoms with Crippen LogP contribution in [0.25, 0.3) is 0 Å². The summed E-state index contributed by atoms with van der Waals surface area (Å²) < 4.78 is 11.0. The average Bonchev–Trinajstić information content (AvgIpc) is 2.73. The van der Waals surface area contributed by atoms with Crippen molar-refractivity contribution in [1.29, 1.82) is 0 Å². The van der Waals surface area contributed by atoms with E-state index >= 15 is 0 Å². The summed E-state index contributed by atoms with van der Waals surface area (Å²) in [6, 6.07) is 16.3. The van der Waals surface area contributed by atoms with Crippen molar-refractivity contribution in [2.24, 2.45) is 0 Å². The van der Waals surface area contributed by atoms with Crippen molar-refractivity contribution in [2.45, 2.75) is 26.3 Å². The molecule has 1 saturated heterocycles. The van der Waals surface area contributed by atoms with Crippen molar-refractivity contribution >= 4 is 11.6 Å². The Hall–Kier alpha value is -2.53. The molecule has 1 fully saturated rings. The molecule has 150 valence electrons. The smallest absolute Gasteiger partial charge is 0.260 e. The van der Waals surface area contributed by atoms with E-state index in [2.05, 4.69) is 43.0 Å². The summed E-state index contributed by atoms with van der Waals surface area (Å²) >= 11 is 0. The van der Waals surface area contributed by atoms with Gasteiger partial charge in [0, 0.05) is 32.4 Å². The summed E-state index contributed by atoms with van der Waals surface area (Å²) in [5.41, 5.74) is 3.57. The normalized spacial score (nSPS) is 14.2. The van der Waals surface area contributed by atoms with Crippen LogP contribution in [0.3, 0.4) is 0 Å². The number of ether oxygens (including phenoxy) is 2. The first-order chi connectivity index (χ1) is 13.5. The summed E-state index contributed by atoms with van der Waals surface area (Å²) in [5.74, 6) is 1.17. The highest BCUT2D eigenvalue weighted by molar-refractivity contribution is 5.77. The zero-order chi connectivity index (χ0) is 19.9. The molecular formula is C23H30N2O3. The van der Waals surface area contributed by atoms with Crippen LogP contribution in [-0.4, -0.2) is 50.8 Å². The lowest BCUT2D eigenvalue weighted by molar-refractivity contribution is -0.132. The first-order valence-corrected chi connectivity index (χ1v) is 9.91. The summed E-state index contributed by atoms with van der Waals surface area (Å²) in [6.07, 6.45) is 0. The van der Waals surface area contributed by atoms with E-state index in [0.717, 1.165) is 37.6 Å². The molecule has 5 nitrogen and oxygen atoms in total. The van der Waals surface area contributed by atoms with Gasteiger partial charge < -0.3 is 19.3 Å². The molecule has 0 saturated carbocycles. The minimum atomic E-state index is -0.0369. The van der Waals surface area contributed by atoms with Crippen molar-refractivity contribution < 1.29 is 14.3 Å². The first kappa shape index (κ1) is 20.2. The SMILES string of the molecule is CC(C)c1ccc(OCC(=O)N(C)Cc2ccc(N3CCOCC3)cc2)cc1. The molecule has 0 bridgehead atoms. The van der Waals surface area contributed by atoms with E-state index in [1.165, 1.54) is 11.3 Å². The van der Waals surface area contributed by atoms with Crippen LogP contribution in [0.15, 0.2) is 48.5 Å². The number of hydrogen-bond acceptors (Lipinski definition) is 4. The first-order valence-electron chi connectivity index (χ1n) is 9.91. The van der Waals surface area contributed by atoms with Gasteiger partial charge in [-0.15, -0.1) is 0 Å². The Labute approximate surface area is 167 Å². The standard InChI is InChI=1S/C23H30N2O3/c1-18(2)20-6-10-22(11-7-20)28-17-23(26)24(3)16-19-4-8-21(9-5-19)25-12-14-27-15-13-25/h4-11,18H,12-17H2,1-3H3. The molecule has 5 heteroatoms. The van der Waals surface area contributed by atoms with E-state index < -0.39 is 0 Å². The lowest BCUT2D eigenvalue weighted by Crippen LogP contribution is -2.36. The minimum Gasteiger partial charge on any atom is -0.484 e. The number of benzene rings is 2. The quantitative estimate of drug-likeness (QED) is 0.733. The molecule has 0 unspecified atom stereocenters. The second kappa shape index (κ2) is 9.60. The molecule has 0 radical (unpaired) electrons. The van der Waals surface area contributed by atoms with Gasteiger partial charge in [-0.25, -0.2) is 0 Å². The van der Waals surface area contributed by atoms with Gasteiger partial charge in [0.15, 0.2) is 6.61 Å². The predicted molar refractivity (Wildman–Crippen MR) is 112 cm³/mol. The Morgan fingerprint density at radius 1 is 1.07 bits per heavy atom. The molecule has 1 aliphatic heterocycles. The van der Waals surface area contributed by atoms with Crippen molar-refractivity contribution in [3.05, 3.63) is 59.7 Å². The molecule has 0 aliphatic carbocycles. The van der Waals surface area contributed by atoms with Crippen LogP contribution in [0.2, 0.25) is 0 Å². The van der Waals surface area contributed by atoms with E-state index in [1.807, 2.05) is 31.3 Å². The molecule has 0 spiro atoms. The van der Waals surface area contributed by atoms with Crippen molar-refractivity contribution in [1.82, 2.24) is 4.90 Å². The molecule has 0 atom stereocenters. The molecule has 2 aromatic carbocycles. The fourth-order valence-corrected chi connectivity index (χ4v) is 3.20. The number of morpholine rings is 1. The van der Waals surface area contributed by atoms with Gasteiger partial charge in [0.05, 0.1) is 13.2 Å². The van der Waals surface area contributed by atoms with Crippen LogP contribution in [-0.2, 0) is 16.1 Å². The lowest BCUT2D eigenvalue weighted by atomic mass is 10.0. The minimum absolute atomic E-state index is 0.0369. The van der Waals surface area contributed by atoms with E-state index in [0.29, 0.717) is 12.5 Å². The predicted octanol–water partition coefficient (Wildman–Crippen LogP) is 3.68. The Morgan fingerprint density at radius 3 is 2.32 bits per heavy atom. The van der Waals surface area contributed by atoms with Gasteiger partial charge in [0.25, 0.3) is 5.91 Å². The summed E-state index contributed by atoms with van der Waals surface area (Å²) in [5, 5.41) is 0. The highest BCUT2D eigenvalue weighted by atomic mass is 16.5. The summed E-state index contributed by atoms with van der Waals surface area (Å²) in [6.45, 7) is 8.32. The fourth-order valence-electron chi connectivity index (χ4n) is 3.20. The largest absolute Gasteiger partial charge is 0.484 e. The van der Waals surface area contributed by atoms with E-state index in [9.17, 15) is 4.79 Å². The second-order valence-electron chi connectivity index (χ2n) is 7.53. The van der Waals surface area contributed by atoms with Gasteiger partial charge in [0.2, 0.25) is 0 Å². The van der Waals surface area contributed by atoms with Gasteiger partial charge in [0.1, 0.15) is 5.75 Å². The topological polar surface area (TPSA) is 42.0 Å². The fraction of sp³-hybridized carbons (Fsp3) is 0.435. The zero-order valence-corrected chi connectivity index (χ0v) is 17.1. The van der Waals surface area contributed by atoms with Crippen LogP contribution in [0, 0.1) is 0 Å². The third-order valence-corrected chi connectivity index (χ3v) is 5.07. The monoisotopic (exact) mass is 382 g/mol. The Balaban J connectivity index is 1.48. The number of likely N-dealkylation sites (N-methyl/N-ethyl adjacent to an activating group) is 1. The Morgan fingerprint density at radius 2 is 1.71 bits per heavy atom. The molecule has 3 rings (SSSR count). The maximum Gasteiger partial charge on any atom is 0.260 e. The highest BCUT2D eigenvalue weighted by Gasteiger charge is 2.13. The number of nitrogens with zero attached hydrogens (tertiary/aromatic N) is 2. The molecule has 1 aliphatic rings. The van der Waals surface area contributed by atoms with Crippen LogP contribution in [0.1, 0.15) is 30.9 Å². The second-order valence-corrected chi connectivity index (χ2v) is 7.53. The number of hydrogen-bond donors (Lipinski definition) is 0. The van der Waals surface area contributed by atoms with E-state index in [4.69, 9.17) is 9.47 Å². The van der Waals surface area contributed by atoms with Crippen LogP contribution >= 0.6 is 0 Å². The number of amides is 1. The van der Waals surface area contributed by atoms with Crippen molar-refractivity contribution in [2.75, 3.05) is 44.9 Å². The van der Waals surface area contributed by atoms with Gasteiger partial charge in [-0.05, 0) is 41.3 Å².